The van der Waals surface area contributed by atoms with Crippen molar-refractivity contribution in [1.29, 1.82) is 0 Å². The van der Waals surface area contributed by atoms with Gasteiger partial charge in [-0.2, -0.15) is 0 Å². The van der Waals surface area contributed by atoms with Gasteiger partial charge in [-0.3, -0.25) is 9.59 Å². The van der Waals surface area contributed by atoms with Crippen LogP contribution in [0.3, 0.4) is 0 Å². The fourth-order valence-corrected chi connectivity index (χ4v) is 5.12. The van der Waals surface area contributed by atoms with E-state index in [-0.39, 0.29) is 11.5 Å². The van der Waals surface area contributed by atoms with E-state index in [1.54, 1.807) is 31.2 Å². The molecular weight excluding hydrogens is 412 g/mol. The first-order chi connectivity index (χ1) is 13.9. The average Bonchev–Trinajstić information content (AvgIpc) is 3.34. The molecule has 4 rings (SSSR count). The highest BCUT2D eigenvalue weighted by Gasteiger charge is 2.43. The molecule has 1 aliphatic rings. The number of hydrogen-bond acceptors (Lipinski definition) is 9. The quantitative estimate of drug-likeness (QED) is 0.347. The van der Waals surface area contributed by atoms with Gasteiger partial charge >= 0.3 is 0 Å². The lowest BCUT2D eigenvalue weighted by atomic mass is 10.0. The van der Waals surface area contributed by atoms with Crippen LogP contribution in [-0.4, -0.2) is 51.2 Å². The zero-order valence-electron chi connectivity index (χ0n) is 15.8. The number of hydrogen-bond donors (Lipinski definition) is 2. The summed E-state index contributed by atoms with van der Waals surface area (Å²) in [6, 6.07) is 6.83. The number of amides is 1. The number of ketones is 1. The minimum absolute atomic E-state index is 0.111. The Kier molecular flexibility index (Phi) is 5.24. The molecule has 0 aliphatic carbocycles. The van der Waals surface area contributed by atoms with Gasteiger partial charge in [0.1, 0.15) is 16.4 Å². The number of rotatable bonds is 6. The van der Waals surface area contributed by atoms with Gasteiger partial charge in [-0.05, 0) is 25.1 Å². The number of thioether (sulfide) groups is 1. The van der Waals surface area contributed by atoms with Crippen LogP contribution < -0.4 is 10.1 Å². The molecule has 2 N–H and O–H groups in total. The van der Waals surface area contributed by atoms with Gasteiger partial charge in [0.2, 0.25) is 5.88 Å². The summed E-state index contributed by atoms with van der Waals surface area (Å²) in [6.45, 7) is 2.21. The second-order valence-electron chi connectivity index (χ2n) is 6.54. The first-order valence-electron chi connectivity index (χ1n) is 8.87. The van der Waals surface area contributed by atoms with Gasteiger partial charge in [0.15, 0.2) is 11.4 Å². The molecule has 4 heterocycles. The van der Waals surface area contributed by atoms with Crippen LogP contribution in [0.25, 0.3) is 11.0 Å². The van der Waals surface area contributed by atoms with E-state index >= 15 is 0 Å². The number of carbonyl (C=O) groups excluding carboxylic acids is 2. The fourth-order valence-electron chi connectivity index (χ4n) is 3.06. The van der Waals surface area contributed by atoms with E-state index in [1.165, 1.54) is 18.9 Å². The predicted molar refractivity (Wildman–Crippen MR) is 110 cm³/mol. The Balaban J connectivity index is 1.54. The van der Waals surface area contributed by atoms with Crippen molar-refractivity contribution in [3.8, 4) is 5.88 Å². The van der Waals surface area contributed by atoms with E-state index in [0.717, 1.165) is 11.3 Å². The van der Waals surface area contributed by atoms with Crippen molar-refractivity contribution in [3.63, 3.8) is 0 Å². The summed E-state index contributed by atoms with van der Waals surface area (Å²) in [4.78, 5) is 38.8. The number of nitrogens with zero attached hydrogens (tertiary/aromatic N) is 3. The van der Waals surface area contributed by atoms with Crippen molar-refractivity contribution in [2.75, 3.05) is 19.4 Å². The van der Waals surface area contributed by atoms with Gasteiger partial charge in [0.25, 0.3) is 5.91 Å². The second kappa shape index (κ2) is 7.69. The maximum Gasteiger partial charge on any atom is 0.257 e. The minimum atomic E-state index is -1.54. The molecule has 1 amide bonds. The lowest BCUT2D eigenvalue weighted by molar-refractivity contribution is -0.135. The number of fused-ring (bicyclic) bond motifs is 1. The number of nitrogens with one attached hydrogen (secondary N) is 1. The number of Topliss-reactive ketones (excluding diaryl/α,β-unsaturated/α-hetero) is 1. The van der Waals surface area contributed by atoms with Crippen LogP contribution in [0, 0.1) is 6.92 Å². The number of methoxy groups -OCH3 is 1. The first-order valence-corrected chi connectivity index (χ1v) is 10.7. The van der Waals surface area contributed by atoms with Crippen LogP contribution in [0.15, 0.2) is 29.3 Å². The lowest BCUT2D eigenvalue weighted by Gasteiger charge is -2.16. The van der Waals surface area contributed by atoms with Gasteiger partial charge < -0.3 is 15.2 Å². The standard InChI is InChI=1S/C19H18N4O4S2/c1-10-21-11-3-6-15(27-2)23-16(11)17(22-10)28-9-12(24)13-4-5-14(29-13)19(26)7-8-20-18(19)25/h3-6,26H,7-9H2,1-2H3,(H,20,25). The van der Waals surface area contributed by atoms with Crippen LogP contribution in [0.5, 0.6) is 5.88 Å². The Morgan fingerprint density at radius 1 is 1.31 bits per heavy atom. The average molecular weight is 431 g/mol. The van der Waals surface area contributed by atoms with Crippen LogP contribution in [0.4, 0.5) is 0 Å². The molecule has 1 fully saturated rings. The summed E-state index contributed by atoms with van der Waals surface area (Å²) >= 11 is 2.42. The van der Waals surface area contributed by atoms with E-state index in [0.29, 0.717) is 50.5 Å². The van der Waals surface area contributed by atoms with Gasteiger partial charge in [0, 0.05) is 23.9 Å². The minimum Gasteiger partial charge on any atom is -0.481 e. The highest BCUT2D eigenvalue weighted by Crippen LogP contribution is 2.35. The molecule has 1 aliphatic heterocycles. The lowest BCUT2D eigenvalue weighted by Crippen LogP contribution is -2.34. The molecule has 0 aromatic carbocycles. The number of aliphatic hydroxyl groups is 1. The molecule has 3 aromatic heterocycles. The van der Waals surface area contributed by atoms with E-state index in [2.05, 4.69) is 20.3 Å². The van der Waals surface area contributed by atoms with Crippen LogP contribution in [0.2, 0.25) is 0 Å². The Hall–Kier alpha value is -2.56. The van der Waals surface area contributed by atoms with Gasteiger partial charge in [-0.25, -0.2) is 15.0 Å². The largest absolute Gasteiger partial charge is 0.481 e. The monoisotopic (exact) mass is 430 g/mol. The molecule has 3 aromatic rings. The Morgan fingerprint density at radius 3 is 2.86 bits per heavy atom. The van der Waals surface area contributed by atoms with Crippen LogP contribution >= 0.6 is 23.1 Å². The molecule has 150 valence electrons. The molecule has 8 nitrogen and oxygen atoms in total. The van der Waals surface area contributed by atoms with Crippen molar-refractivity contribution in [2.24, 2.45) is 0 Å². The number of ether oxygens (including phenoxy) is 1. The van der Waals surface area contributed by atoms with Gasteiger partial charge in [0.05, 0.1) is 23.3 Å². The first kappa shape index (κ1) is 19.7. The number of carbonyl (C=O) groups is 2. The van der Waals surface area contributed by atoms with Crippen molar-refractivity contribution < 1.29 is 19.4 Å². The predicted octanol–water partition coefficient (Wildman–Crippen LogP) is 2.09. The van der Waals surface area contributed by atoms with E-state index in [1.807, 2.05) is 0 Å². The summed E-state index contributed by atoms with van der Waals surface area (Å²) in [6.07, 6.45) is 0.300. The van der Waals surface area contributed by atoms with Gasteiger partial charge in [-0.1, -0.05) is 11.8 Å². The van der Waals surface area contributed by atoms with E-state index in [9.17, 15) is 14.7 Å². The third-order valence-electron chi connectivity index (χ3n) is 4.58. The topological polar surface area (TPSA) is 114 Å². The third kappa shape index (κ3) is 3.70. The molecule has 0 bridgehead atoms. The van der Waals surface area contributed by atoms with Crippen molar-refractivity contribution >= 4 is 45.8 Å². The maximum atomic E-state index is 12.7. The smallest absolute Gasteiger partial charge is 0.257 e. The Labute approximate surface area is 174 Å². The third-order valence-corrected chi connectivity index (χ3v) is 6.82. The number of aromatic nitrogens is 3. The van der Waals surface area contributed by atoms with Crippen molar-refractivity contribution in [2.45, 2.75) is 24.0 Å². The second-order valence-corrected chi connectivity index (χ2v) is 8.59. The summed E-state index contributed by atoms with van der Waals surface area (Å²) in [5, 5.41) is 13.8. The zero-order valence-corrected chi connectivity index (χ0v) is 17.4. The van der Waals surface area contributed by atoms with E-state index < -0.39 is 11.5 Å². The molecule has 1 atom stereocenters. The number of aryl methyl sites for hydroxylation is 1. The Bertz CT molecular complexity index is 1120. The highest BCUT2D eigenvalue weighted by molar-refractivity contribution is 8.00. The normalized spacial score (nSPS) is 18.8. The summed E-state index contributed by atoms with van der Waals surface area (Å²) in [5.74, 6) is 0.655. The van der Waals surface area contributed by atoms with Crippen LogP contribution in [-0.2, 0) is 10.4 Å². The molecule has 1 unspecified atom stereocenters. The molecule has 1 saturated heterocycles. The number of pyridine rings is 1. The zero-order chi connectivity index (χ0) is 20.6. The molecular formula is C19H18N4O4S2. The maximum absolute atomic E-state index is 12.7. The summed E-state index contributed by atoms with van der Waals surface area (Å²) in [7, 11) is 1.53. The van der Waals surface area contributed by atoms with Gasteiger partial charge in [-0.15, -0.1) is 11.3 Å². The number of thiophene rings is 1. The summed E-state index contributed by atoms with van der Waals surface area (Å²) < 4.78 is 5.17. The fraction of sp³-hybridized carbons (Fsp3) is 0.316. The van der Waals surface area contributed by atoms with Crippen LogP contribution in [0.1, 0.15) is 26.8 Å². The molecule has 0 spiro atoms. The molecule has 0 saturated carbocycles. The van der Waals surface area contributed by atoms with E-state index in [4.69, 9.17) is 4.74 Å². The summed E-state index contributed by atoms with van der Waals surface area (Å²) in [5.41, 5.74) is -0.283. The van der Waals surface area contributed by atoms with Crippen molar-refractivity contribution in [3.05, 3.63) is 39.8 Å². The SMILES string of the molecule is COc1ccc2nc(C)nc(SCC(=O)c3ccc(C4(O)CCNC4=O)s3)c2n1. The van der Waals surface area contributed by atoms with Crippen molar-refractivity contribution in [1.82, 2.24) is 20.3 Å². The molecule has 10 heteroatoms. The molecule has 0 radical (unpaired) electrons. The highest BCUT2D eigenvalue weighted by atomic mass is 32.2. The Morgan fingerprint density at radius 2 is 2.14 bits per heavy atom. The molecule has 29 heavy (non-hydrogen) atoms.